The average Bonchev–Trinajstić information content (AvgIpc) is 1.38. The SMILES string of the molecule is CNC(C)=O.[SiH4]. The van der Waals surface area contributed by atoms with Gasteiger partial charge in [0.2, 0.25) is 5.91 Å². The number of carbonyl (C=O) groups excluding carboxylic acids is 1. The van der Waals surface area contributed by atoms with Crippen molar-refractivity contribution in [2.75, 3.05) is 7.05 Å². The summed E-state index contributed by atoms with van der Waals surface area (Å²) in [5.41, 5.74) is 0. The van der Waals surface area contributed by atoms with Gasteiger partial charge in [0.05, 0.1) is 0 Å². The molecule has 0 saturated carbocycles. The predicted molar refractivity (Wildman–Crippen MR) is 31.1 cm³/mol. The molecule has 0 heterocycles. The Hall–Kier alpha value is -0.313. The van der Waals surface area contributed by atoms with Gasteiger partial charge in [-0.15, -0.1) is 0 Å². The monoisotopic (exact) mass is 105 g/mol. The molecule has 0 fully saturated rings. The smallest absolute Gasteiger partial charge is 0.216 e. The molecular formula is C3H11NOSi. The summed E-state index contributed by atoms with van der Waals surface area (Å²) in [7, 11) is 1.60. The van der Waals surface area contributed by atoms with Gasteiger partial charge in [-0.2, -0.15) is 0 Å². The fourth-order valence-electron chi connectivity index (χ4n) is 0. The molecule has 0 atom stereocenters. The van der Waals surface area contributed by atoms with Gasteiger partial charge in [-0.05, 0) is 11.0 Å². The van der Waals surface area contributed by atoms with Crippen molar-refractivity contribution in [1.82, 2.24) is 5.32 Å². The van der Waals surface area contributed by atoms with Crippen molar-refractivity contribution in [3.63, 3.8) is 0 Å². The summed E-state index contributed by atoms with van der Waals surface area (Å²) in [5, 5.41) is 2.39. The molecule has 1 N–H and O–H groups in total. The third-order valence-corrected chi connectivity index (χ3v) is 0.352. The molecule has 0 aliphatic heterocycles. The summed E-state index contributed by atoms with van der Waals surface area (Å²) < 4.78 is 0. The maximum atomic E-state index is 9.70. The van der Waals surface area contributed by atoms with Gasteiger partial charge in [-0.1, -0.05) is 0 Å². The van der Waals surface area contributed by atoms with Crippen LogP contribution in [0, 0.1) is 0 Å². The Balaban J connectivity index is 0. The van der Waals surface area contributed by atoms with E-state index in [9.17, 15) is 4.79 Å². The minimum Gasteiger partial charge on any atom is -0.359 e. The van der Waals surface area contributed by atoms with Crippen molar-refractivity contribution < 1.29 is 4.79 Å². The van der Waals surface area contributed by atoms with Crippen LogP contribution in [0.15, 0.2) is 0 Å². The average molecular weight is 105 g/mol. The molecule has 38 valence electrons. The highest BCUT2D eigenvalue weighted by molar-refractivity contribution is 5.75. The lowest BCUT2D eigenvalue weighted by molar-refractivity contribution is -0.118. The van der Waals surface area contributed by atoms with Gasteiger partial charge in [-0.3, -0.25) is 4.79 Å². The second-order valence-corrected chi connectivity index (χ2v) is 0.806. The summed E-state index contributed by atoms with van der Waals surface area (Å²) in [4.78, 5) is 9.70. The maximum Gasteiger partial charge on any atom is 0.216 e. The largest absolute Gasteiger partial charge is 0.359 e. The van der Waals surface area contributed by atoms with Gasteiger partial charge in [0.1, 0.15) is 0 Å². The summed E-state index contributed by atoms with van der Waals surface area (Å²) >= 11 is 0. The van der Waals surface area contributed by atoms with E-state index in [1.165, 1.54) is 6.92 Å². The normalized spacial score (nSPS) is 5.67. The molecule has 0 aromatic carbocycles. The third-order valence-electron chi connectivity index (χ3n) is 0.352. The van der Waals surface area contributed by atoms with Crippen LogP contribution >= 0.6 is 0 Å². The summed E-state index contributed by atoms with van der Waals surface area (Å²) in [6.45, 7) is 1.47. The molecule has 0 rings (SSSR count). The highest BCUT2D eigenvalue weighted by atomic mass is 28.1. The molecule has 0 radical (unpaired) electrons. The van der Waals surface area contributed by atoms with Gasteiger partial charge in [0.15, 0.2) is 0 Å². The van der Waals surface area contributed by atoms with E-state index < -0.39 is 0 Å². The number of hydrogen-bond donors (Lipinski definition) is 1. The molecule has 0 aromatic heterocycles. The topological polar surface area (TPSA) is 29.1 Å². The maximum absolute atomic E-state index is 9.70. The van der Waals surface area contributed by atoms with Gasteiger partial charge >= 0.3 is 0 Å². The number of amides is 1. The first-order chi connectivity index (χ1) is 2.27. The molecule has 3 heteroatoms. The zero-order valence-electron chi connectivity index (χ0n) is 3.41. The quantitative estimate of drug-likeness (QED) is 0.366. The zero-order valence-corrected chi connectivity index (χ0v) is 3.41. The number of rotatable bonds is 0. The van der Waals surface area contributed by atoms with Crippen LogP contribution in [0.5, 0.6) is 0 Å². The lowest BCUT2D eigenvalue weighted by atomic mass is 10.7. The second kappa shape index (κ2) is 4.69. The fraction of sp³-hybridized carbons (Fsp3) is 0.667. The first-order valence-corrected chi connectivity index (χ1v) is 1.45. The fourth-order valence-corrected chi connectivity index (χ4v) is 0. The third kappa shape index (κ3) is 9.35. The van der Waals surface area contributed by atoms with Crippen molar-refractivity contribution in [3.05, 3.63) is 0 Å². The van der Waals surface area contributed by atoms with Gasteiger partial charge in [0.25, 0.3) is 0 Å². The van der Waals surface area contributed by atoms with Crippen LogP contribution in [0.25, 0.3) is 0 Å². The van der Waals surface area contributed by atoms with E-state index in [0.29, 0.717) is 0 Å². The predicted octanol–water partition coefficient (Wildman–Crippen LogP) is -1.70. The molecule has 0 aliphatic rings. The van der Waals surface area contributed by atoms with E-state index in [4.69, 9.17) is 0 Å². The Morgan fingerprint density at radius 3 is 1.83 bits per heavy atom. The molecule has 0 unspecified atom stereocenters. The Kier molecular flexibility index (Phi) is 7.18. The van der Waals surface area contributed by atoms with Crippen molar-refractivity contribution in [1.29, 1.82) is 0 Å². The Labute approximate surface area is 42.0 Å². The van der Waals surface area contributed by atoms with Crippen molar-refractivity contribution in [3.8, 4) is 0 Å². The second-order valence-electron chi connectivity index (χ2n) is 0.806. The highest BCUT2D eigenvalue weighted by Gasteiger charge is 1.72. The van der Waals surface area contributed by atoms with Gasteiger partial charge < -0.3 is 5.32 Å². The van der Waals surface area contributed by atoms with E-state index in [1.807, 2.05) is 0 Å². The Morgan fingerprint density at radius 2 is 1.83 bits per heavy atom. The van der Waals surface area contributed by atoms with E-state index >= 15 is 0 Å². The van der Waals surface area contributed by atoms with Crippen LogP contribution in [0.3, 0.4) is 0 Å². The Morgan fingerprint density at radius 1 is 1.67 bits per heavy atom. The molecule has 0 aromatic rings. The molecule has 0 spiro atoms. The van der Waals surface area contributed by atoms with Gasteiger partial charge in [-0.25, -0.2) is 0 Å². The first-order valence-electron chi connectivity index (χ1n) is 1.45. The zero-order chi connectivity index (χ0) is 4.28. The number of nitrogens with one attached hydrogen (secondary N) is 1. The Bertz CT molecular complexity index is 46.1. The summed E-state index contributed by atoms with van der Waals surface area (Å²) in [6.07, 6.45) is 0. The lowest BCUT2D eigenvalue weighted by Gasteiger charge is -1.80. The van der Waals surface area contributed by atoms with Crippen LogP contribution in [0.4, 0.5) is 0 Å². The standard InChI is InChI=1S/C3H7NO.H4Si/c1-3(5)4-2;/h1-2H3,(H,4,5);1H4. The van der Waals surface area contributed by atoms with Gasteiger partial charge in [0, 0.05) is 14.0 Å². The van der Waals surface area contributed by atoms with Crippen LogP contribution in [-0.2, 0) is 4.79 Å². The lowest BCUT2D eigenvalue weighted by Crippen LogP contribution is -2.11. The van der Waals surface area contributed by atoms with E-state index in [-0.39, 0.29) is 16.9 Å². The highest BCUT2D eigenvalue weighted by Crippen LogP contribution is 1.45. The molecule has 2 nitrogen and oxygen atoms in total. The summed E-state index contributed by atoms with van der Waals surface area (Å²) in [6, 6.07) is 0. The minimum absolute atomic E-state index is 0. The molecule has 6 heavy (non-hydrogen) atoms. The van der Waals surface area contributed by atoms with Crippen LogP contribution in [0.1, 0.15) is 6.92 Å². The van der Waals surface area contributed by atoms with Crippen LogP contribution in [0.2, 0.25) is 0 Å². The first kappa shape index (κ1) is 9.19. The molecule has 1 amide bonds. The van der Waals surface area contributed by atoms with Crippen molar-refractivity contribution >= 4 is 16.9 Å². The van der Waals surface area contributed by atoms with E-state index in [1.54, 1.807) is 7.05 Å². The molecule has 0 aliphatic carbocycles. The van der Waals surface area contributed by atoms with E-state index in [0.717, 1.165) is 0 Å². The summed E-state index contributed by atoms with van der Waals surface area (Å²) in [5.74, 6) is 0.00463. The van der Waals surface area contributed by atoms with Crippen LogP contribution < -0.4 is 5.32 Å². The molecular weight excluding hydrogens is 94.1 g/mol. The van der Waals surface area contributed by atoms with Crippen LogP contribution in [-0.4, -0.2) is 23.9 Å². The molecule has 0 saturated heterocycles. The van der Waals surface area contributed by atoms with Crippen molar-refractivity contribution in [2.24, 2.45) is 0 Å². The van der Waals surface area contributed by atoms with Crippen molar-refractivity contribution in [2.45, 2.75) is 6.92 Å². The number of carbonyl (C=O) groups is 1. The van der Waals surface area contributed by atoms with E-state index in [2.05, 4.69) is 5.32 Å². The minimum atomic E-state index is 0. The molecule has 0 bridgehead atoms. The number of hydrogen-bond acceptors (Lipinski definition) is 1.